The van der Waals surface area contributed by atoms with Gasteiger partial charge in [0.05, 0.1) is 16.8 Å². The summed E-state index contributed by atoms with van der Waals surface area (Å²) in [5.74, 6) is 0. The first-order valence-electron chi connectivity index (χ1n) is 5.71. The molecule has 1 aliphatic rings. The topological polar surface area (TPSA) is 31.4 Å². The van der Waals surface area contributed by atoms with Crippen LogP contribution in [0.1, 0.15) is 33.3 Å². The number of hydrogen-bond donors (Lipinski definition) is 0. The minimum Gasteiger partial charge on any atom is -0.398 e. The van der Waals surface area contributed by atoms with Crippen molar-refractivity contribution in [2.45, 2.75) is 45.8 Å². The van der Waals surface area contributed by atoms with Gasteiger partial charge in [-0.1, -0.05) is 15.9 Å². The molecule has 0 spiro atoms. The predicted molar refractivity (Wildman–Crippen MR) is 72.4 cm³/mol. The lowest BCUT2D eigenvalue weighted by Gasteiger charge is -2.32. The molecule has 1 aromatic heterocycles. The molecule has 3 nitrogen and oxygen atoms in total. The van der Waals surface area contributed by atoms with E-state index in [9.17, 15) is 0 Å². The highest BCUT2D eigenvalue weighted by molar-refractivity contribution is 9.10. The first-order chi connectivity index (χ1) is 7.74. The van der Waals surface area contributed by atoms with E-state index in [-0.39, 0.29) is 11.2 Å². The van der Waals surface area contributed by atoms with Gasteiger partial charge in [-0.25, -0.2) is 0 Å². The van der Waals surface area contributed by atoms with Crippen molar-refractivity contribution in [3.63, 3.8) is 0 Å². The molecule has 1 aromatic rings. The second kappa shape index (κ2) is 4.07. The predicted octanol–water partition coefficient (Wildman–Crippen LogP) is 2.45. The third-order valence-corrected chi connectivity index (χ3v) is 4.51. The number of halogens is 1. The van der Waals surface area contributed by atoms with E-state index >= 15 is 0 Å². The summed E-state index contributed by atoms with van der Waals surface area (Å²) in [6.07, 6.45) is 1.76. The van der Waals surface area contributed by atoms with Gasteiger partial charge in [0.2, 0.25) is 0 Å². The molecule has 0 radical (unpaired) electrons. The van der Waals surface area contributed by atoms with Gasteiger partial charge in [0.15, 0.2) is 0 Å². The summed E-state index contributed by atoms with van der Waals surface area (Å²) in [6, 6.07) is 1.92. The lowest BCUT2D eigenvalue weighted by molar-refractivity contribution is 0.00578. The van der Waals surface area contributed by atoms with Crippen LogP contribution in [-0.4, -0.2) is 23.3 Å². The van der Waals surface area contributed by atoms with Gasteiger partial charge >= 0.3 is 7.12 Å². The molecule has 0 N–H and O–H groups in total. The Hall–Kier alpha value is -0.385. The van der Waals surface area contributed by atoms with Crippen LogP contribution in [0.5, 0.6) is 0 Å². The smallest absolute Gasteiger partial charge is 0.398 e. The SMILES string of the molecule is Cc1c(Br)ccnc1B1OC(C)(C)C(C)(C)O1. The highest BCUT2D eigenvalue weighted by atomic mass is 79.9. The molecule has 17 heavy (non-hydrogen) atoms. The highest BCUT2D eigenvalue weighted by Gasteiger charge is 2.52. The van der Waals surface area contributed by atoms with E-state index in [0.717, 1.165) is 15.6 Å². The average molecular weight is 298 g/mol. The second-order valence-electron chi connectivity index (χ2n) is 5.39. The largest absolute Gasteiger partial charge is 0.514 e. The molecule has 0 unspecified atom stereocenters. The molecule has 1 fully saturated rings. The van der Waals surface area contributed by atoms with Gasteiger partial charge in [0.1, 0.15) is 0 Å². The van der Waals surface area contributed by atoms with E-state index in [4.69, 9.17) is 9.31 Å². The zero-order valence-corrected chi connectivity index (χ0v) is 12.5. The Morgan fingerprint density at radius 3 is 2.24 bits per heavy atom. The van der Waals surface area contributed by atoms with E-state index in [1.54, 1.807) is 6.20 Å². The lowest BCUT2D eigenvalue weighted by atomic mass is 9.81. The van der Waals surface area contributed by atoms with E-state index < -0.39 is 7.12 Å². The molecule has 0 amide bonds. The fourth-order valence-corrected chi connectivity index (χ4v) is 2.04. The van der Waals surface area contributed by atoms with Crippen LogP contribution in [0.3, 0.4) is 0 Å². The van der Waals surface area contributed by atoms with Crippen molar-refractivity contribution >= 4 is 28.6 Å². The van der Waals surface area contributed by atoms with Gasteiger partial charge in [-0.2, -0.15) is 0 Å². The molecule has 0 saturated carbocycles. The van der Waals surface area contributed by atoms with Gasteiger partial charge in [-0.3, -0.25) is 4.98 Å². The summed E-state index contributed by atoms with van der Waals surface area (Å²) in [7, 11) is -0.391. The van der Waals surface area contributed by atoms with Crippen LogP contribution >= 0.6 is 15.9 Å². The Labute approximate surface area is 111 Å². The van der Waals surface area contributed by atoms with Crippen molar-refractivity contribution in [2.75, 3.05) is 0 Å². The zero-order chi connectivity index (χ0) is 12.8. The minimum atomic E-state index is -0.391. The Bertz CT molecular complexity index is 432. The molecular weight excluding hydrogens is 281 g/mol. The van der Waals surface area contributed by atoms with Crippen LogP contribution in [0.2, 0.25) is 0 Å². The standard InChI is InChI=1S/C12H17BBrNO2/c1-8-9(14)6-7-15-10(8)13-16-11(2,3)12(4,5)17-13/h6-7H,1-5H3. The molecule has 0 bridgehead atoms. The van der Waals surface area contributed by atoms with Crippen molar-refractivity contribution in [1.82, 2.24) is 4.98 Å². The third kappa shape index (κ3) is 2.16. The lowest BCUT2D eigenvalue weighted by Crippen LogP contribution is -2.41. The van der Waals surface area contributed by atoms with Crippen LogP contribution in [0.15, 0.2) is 16.7 Å². The summed E-state index contributed by atoms with van der Waals surface area (Å²) in [4.78, 5) is 4.37. The molecular formula is C12H17BBrNO2. The molecule has 0 aliphatic carbocycles. The third-order valence-electron chi connectivity index (χ3n) is 3.65. The minimum absolute atomic E-state index is 0.325. The number of nitrogens with zero attached hydrogens (tertiary/aromatic N) is 1. The van der Waals surface area contributed by atoms with Crippen molar-refractivity contribution < 1.29 is 9.31 Å². The molecule has 2 rings (SSSR count). The van der Waals surface area contributed by atoms with Gasteiger partial charge in [0.25, 0.3) is 0 Å². The van der Waals surface area contributed by atoms with E-state index in [0.29, 0.717) is 0 Å². The van der Waals surface area contributed by atoms with Gasteiger partial charge in [0, 0.05) is 10.7 Å². The second-order valence-corrected chi connectivity index (χ2v) is 6.25. The Morgan fingerprint density at radius 1 is 1.18 bits per heavy atom. The van der Waals surface area contributed by atoms with Crippen LogP contribution in [0.4, 0.5) is 0 Å². The summed E-state index contributed by atoms with van der Waals surface area (Å²) >= 11 is 3.50. The van der Waals surface area contributed by atoms with E-state index in [2.05, 4.69) is 20.9 Å². The average Bonchev–Trinajstić information content (AvgIpc) is 2.40. The summed E-state index contributed by atoms with van der Waals surface area (Å²) in [5.41, 5.74) is 1.26. The number of pyridine rings is 1. The summed E-state index contributed by atoms with van der Waals surface area (Å²) < 4.78 is 13.0. The normalized spacial score (nSPS) is 21.9. The van der Waals surface area contributed by atoms with Crippen LogP contribution in [0.25, 0.3) is 0 Å². The summed E-state index contributed by atoms with van der Waals surface area (Å²) in [5, 5.41) is 0. The quantitative estimate of drug-likeness (QED) is 0.746. The first-order valence-corrected chi connectivity index (χ1v) is 6.50. The molecule has 1 aliphatic heterocycles. The van der Waals surface area contributed by atoms with Crippen molar-refractivity contribution in [2.24, 2.45) is 0 Å². The first kappa shape index (κ1) is 13.1. The van der Waals surface area contributed by atoms with Gasteiger partial charge in [-0.05, 0) is 46.2 Å². The molecule has 5 heteroatoms. The van der Waals surface area contributed by atoms with Crippen molar-refractivity contribution in [1.29, 1.82) is 0 Å². The monoisotopic (exact) mass is 297 g/mol. The zero-order valence-electron chi connectivity index (χ0n) is 10.9. The fourth-order valence-electron chi connectivity index (χ4n) is 1.72. The Kier molecular flexibility index (Phi) is 3.13. The van der Waals surface area contributed by atoms with Crippen molar-refractivity contribution in [3.8, 4) is 0 Å². The molecule has 1 saturated heterocycles. The van der Waals surface area contributed by atoms with Gasteiger partial charge in [-0.15, -0.1) is 0 Å². The van der Waals surface area contributed by atoms with E-state index in [1.165, 1.54) is 0 Å². The van der Waals surface area contributed by atoms with Gasteiger partial charge < -0.3 is 9.31 Å². The number of hydrogen-bond acceptors (Lipinski definition) is 3. The summed E-state index contributed by atoms with van der Waals surface area (Å²) in [6.45, 7) is 10.2. The highest BCUT2D eigenvalue weighted by Crippen LogP contribution is 2.36. The van der Waals surface area contributed by atoms with Crippen LogP contribution in [0, 0.1) is 6.92 Å². The maximum Gasteiger partial charge on any atom is 0.514 e. The Morgan fingerprint density at radius 2 is 1.71 bits per heavy atom. The molecule has 2 heterocycles. The van der Waals surface area contributed by atoms with Crippen LogP contribution in [-0.2, 0) is 9.31 Å². The van der Waals surface area contributed by atoms with Crippen LogP contribution < -0.4 is 5.59 Å². The number of aromatic nitrogens is 1. The van der Waals surface area contributed by atoms with E-state index in [1.807, 2.05) is 40.7 Å². The number of rotatable bonds is 1. The Balaban J connectivity index is 2.36. The molecule has 0 aromatic carbocycles. The maximum atomic E-state index is 5.98. The van der Waals surface area contributed by atoms with Crippen molar-refractivity contribution in [3.05, 3.63) is 22.3 Å². The molecule has 0 atom stereocenters. The fraction of sp³-hybridized carbons (Fsp3) is 0.583. The maximum absolute atomic E-state index is 5.98. The molecule has 92 valence electrons.